The highest BCUT2D eigenvalue weighted by Gasteiger charge is 2.06. The predicted octanol–water partition coefficient (Wildman–Crippen LogP) is 4.12. The maximum absolute atomic E-state index is 4.58. The fraction of sp³-hybridized carbons (Fsp3) is 0.438. The fourth-order valence-corrected chi connectivity index (χ4v) is 2.75. The molecule has 102 valence electrons. The van der Waals surface area contributed by atoms with Crippen LogP contribution in [0.5, 0.6) is 0 Å². The lowest BCUT2D eigenvalue weighted by Gasteiger charge is -2.13. The molecule has 0 saturated heterocycles. The molecule has 0 amide bonds. The highest BCUT2D eigenvalue weighted by molar-refractivity contribution is 7.09. The van der Waals surface area contributed by atoms with E-state index >= 15 is 0 Å². The molecule has 2 rings (SSSR count). The molecular weight excluding hydrogens is 252 g/mol. The number of nitrogens with zero attached hydrogens (tertiary/aromatic N) is 1. The second-order valence-electron chi connectivity index (χ2n) is 4.78. The van der Waals surface area contributed by atoms with Gasteiger partial charge in [-0.25, -0.2) is 4.98 Å². The SMILES string of the molecule is CCc1ccc(C(C)NCc2csc(CC)n2)cc1. The Bertz CT molecular complexity index is 502. The van der Waals surface area contributed by atoms with Crippen LogP contribution in [0, 0.1) is 0 Å². The molecule has 0 aliphatic rings. The average molecular weight is 274 g/mol. The molecular formula is C16H22N2S. The van der Waals surface area contributed by atoms with E-state index in [1.807, 2.05) is 0 Å². The molecule has 19 heavy (non-hydrogen) atoms. The number of hydrogen-bond acceptors (Lipinski definition) is 3. The third-order valence-electron chi connectivity index (χ3n) is 3.38. The summed E-state index contributed by atoms with van der Waals surface area (Å²) in [6, 6.07) is 9.22. The van der Waals surface area contributed by atoms with Gasteiger partial charge in [-0.15, -0.1) is 11.3 Å². The fourth-order valence-electron chi connectivity index (χ4n) is 2.01. The van der Waals surface area contributed by atoms with Gasteiger partial charge in [0.15, 0.2) is 0 Å². The van der Waals surface area contributed by atoms with Gasteiger partial charge in [0.25, 0.3) is 0 Å². The highest BCUT2D eigenvalue weighted by atomic mass is 32.1. The summed E-state index contributed by atoms with van der Waals surface area (Å²) < 4.78 is 0. The molecule has 2 aromatic rings. The van der Waals surface area contributed by atoms with E-state index in [2.05, 4.69) is 60.7 Å². The second-order valence-corrected chi connectivity index (χ2v) is 5.73. The third kappa shape index (κ3) is 3.88. The Morgan fingerprint density at radius 3 is 2.47 bits per heavy atom. The number of aromatic nitrogens is 1. The molecule has 1 heterocycles. The largest absolute Gasteiger partial charge is 0.305 e. The standard InChI is InChI=1S/C16H22N2S/c1-4-13-6-8-14(9-7-13)12(3)17-10-15-11-19-16(5-2)18-15/h6-9,11-12,17H,4-5,10H2,1-3H3. The maximum Gasteiger partial charge on any atom is 0.0926 e. The lowest BCUT2D eigenvalue weighted by molar-refractivity contribution is 0.568. The normalized spacial score (nSPS) is 12.6. The van der Waals surface area contributed by atoms with Crippen molar-refractivity contribution >= 4 is 11.3 Å². The molecule has 0 bridgehead atoms. The Morgan fingerprint density at radius 2 is 1.89 bits per heavy atom. The molecule has 1 atom stereocenters. The number of aryl methyl sites for hydroxylation is 2. The van der Waals surface area contributed by atoms with E-state index in [4.69, 9.17) is 0 Å². The summed E-state index contributed by atoms with van der Waals surface area (Å²) in [5.74, 6) is 0. The summed E-state index contributed by atoms with van der Waals surface area (Å²) in [4.78, 5) is 4.58. The first-order valence-corrected chi connectivity index (χ1v) is 7.86. The minimum absolute atomic E-state index is 0.359. The van der Waals surface area contributed by atoms with Crippen LogP contribution >= 0.6 is 11.3 Å². The quantitative estimate of drug-likeness (QED) is 0.857. The number of rotatable bonds is 6. The Balaban J connectivity index is 1.90. The van der Waals surface area contributed by atoms with Crippen LogP contribution in [-0.4, -0.2) is 4.98 Å². The van der Waals surface area contributed by atoms with E-state index < -0.39 is 0 Å². The van der Waals surface area contributed by atoms with Gasteiger partial charge in [-0.3, -0.25) is 0 Å². The molecule has 0 fully saturated rings. The summed E-state index contributed by atoms with van der Waals surface area (Å²) in [5.41, 5.74) is 3.88. The molecule has 1 unspecified atom stereocenters. The van der Waals surface area contributed by atoms with Gasteiger partial charge in [-0.2, -0.15) is 0 Å². The van der Waals surface area contributed by atoms with Crippen LogP contribution in [0.1, 0.15) is 48.6 Å². The van der Waals surface area contributed by atoms with Crippen molar-refractivity contribution in [3.63, 3.8) is 0 Å². The minimum Gasteiger partial charge on any atom is -0.305 e. The Labute approximate surface area is 119 Å². The van der Waals surface area contributed by atoms with E-state index in [-0.39, 0.29) is 0 Å². The van der Waals surface area contributed by atoms with Crippen LogP contribution in [0.4, 0.5) is 0 Å². The summed E-state index contributed by atoms with van der Waals surface area (Å²) in [6.07, 6.45) is 2.12. The molecule has 0 aliphatic heterocycles. The van der Waals surface area contributed by atoms with E-state index in [1.165, 1.54) is 16.1 Å². The van der Waals surface area contributed by atoms with Crippen LogP contribution in [0.2, 0.25) is 0 Å². The topological polar surface area (TPSA) is 24.9 Å². The molecule has 1 N–H and O–H groups in total. The summed E-state index contributed by atoms with van der Waals surface area (Å²) in [7, 11) is 0. The van der Waals surface area contributed by atoms with Crippen molar-refractivity contribution in [3.05, 3.63) is 51.5 Å². The monoisotopic (exact) mass is 274 g/mol. The molecule has 0 spiro atoms. The van der Waals surface area contributed by atoms with Crippen LogP contribution in [-0.2, 0) is 19.4 Å². The zero-order valence-electron chi connectivity index (χ0n) is 11.9. The lowest BCUT2D eigenvalue weighted by atomic mass is 10.1. The van der Waals surface area contributed by atoms with Gasteiger partial charge in [0.05, 0.1) is 10.7 Å². The van der Waals surface area contributed by atoms with Crippen molar-refractivity contribution < 1.29 is 0 Å². The first-order chi connectivity index (χ1) is 9.22. The van der Waals surface area contributed by atoms with Gasteiger partial charge in [0, 0.05) is 18.0 Å². The van der Waals surface area contributed by atoms with E-state index in [0.29, 0.717) is 6.04 Å². The summed E-state index contributed by atoms with van der Waals surface area (Å²) in [5, 5.41) is 6.90. The molecule has 0 aliphatic carbocycles. The van der Waals surface area contributed by atoms with Gasteiger partial charge in [0.1, 0.15) is 0 Å². The van der Waals surface area contributed by atoms with Crippen LogP contribution < -0.4 is 5.32 Å². The molecule has 1 aromatic heterocycles. The number of hydrogen-bond donors (Lipinski definition) is 1. The average Bonchev–Trinajstić information content (AvgIpc) is 2.93. The number of thiazole rings is 1. The van der Waals surface area contributed by atoms with Crippen molar-refractivity contribution in [3.8, 4) is 0 Å². The van der Waals surface area contributed by atoms with Crippen molar-refractivity contribution in [2.24, 2.45) is 0 Å². The molecule has 0 saturated carbocycles. The smallest absolute Gasteiger partial charge is 0.0926 e. The van der Waals surface area contributed by atoms with Gasteiger partial charge in [0.2, 0.25) is 0 Å². The number of nitrogens with one attached hydrogen (secondary N) is 1. The molecule has 1 aromatic carbocycles. The van der Waals surface area contributed by atoms with Crippen LogP contribution in [0.15, 0.2) is 29.6 Å². The van der Waals surface area contributed by atoms with Crippen LogP contribution in [0.3, 0.4) is 0 Å². The van der Waals surface area contributed by atoms with Crippen molar-refractivity contribution in [1.82, 2.24) is 10.3 Å². The van der Waals surface area contributed by atoms with Crippen LogP contribution in [0.25, 0.3) is 0 Å². The van der Waals surface area contributed by atoms with E-state index in [0.717, 1.165) is 25.1 Å². The van der Waals surface area contributed by atoms with Crippen molar-refractivity contribution in [2.75, 3.05) is 0 Å². The lowest BCUT2D eigenvalue weighted by Crippen LogP contribution is -2.18. The first kappa shape index (κ1) is 14.2. The zero-order chi connectivity index (χ0) is 13.7. The summed E-state index contributed by atoms with van der Waals surface area (Å²) >= 11 is 1.75. The number of benzene rings is 1. The van der Waals surface area contributed by atoms with Crippen molar-refractivity contribution in [1.29, 1.82) is 0 Å². The van der Waals surface area contributed by atoms with Gasteiger partial charge in [-0.05, 0) is 30.9 Å². The maximum atomic E-state index is 4.58. The first-order valence-electron chi connectivity index (χ1n) is 6.98. The van der Waals surface area contributed by atoms with Crippen molar-refractivity contribution in [2.45, 2.75) is 46.2 Å². The van der Waals surface area contributed by atoms with Gasteiger partial charge in [-0.1, -0.05) is 38.1 Å². The summed E-state index contributed by atoms with van der Waals surface area (Å²) in [6.45, 7) is 7.37. The van der Waals surface area contributed by atoms with E-state index in [1.54, 1.807) is 11.3 Å². The predicted molar refractivity (Wildman–Crippen MR) is 82.6 cm³/mol. The van der Waals surface area contributed by atoms with Gasteiger partial charge >= 0.3 is 0 Å². The molecule has 0 radical (unpaired) electrons. The Morgan fingerprint density at radius 1 is 1.16 bits per heavy atom. The Hall–Kier alpha value is -1.19. The third-order valence-corrected chi connectivity index (χ3v) is 4.42. The van der Waals surface area contributed by atoms with E-state index in [9.17, 15) is 0 Å². The minimum atomic E-state index is 0.359. The molecule has 3 heteroatoms. The highest BCUT2D eigenvalue weighted by Crippen LogP contribution is 2.15. The molecule has 2 nitrogen and oxygen atoms in total. The Kier molecular flexibility index (Phi) is 5.11. The van der Waals surface area contributed by atoms with Gasteiger partial charge < -0.3 is 5.32 Å². The second kappa shape index (κ2) is 6.83. The zero-order valence-corrected chi connectivity index (χ0v) is 12.8.